The van der Waals surface area contributed by atoms with Crippen molar-refractivity contribution in [3.05, 3.63) is 59.7 Å². The van der Waals surface area contributed by atoms with Crippen LogP contribution in [0.15, 0.2) is 48.5 Å². The van der Waals surface area contributed by atoms with Crippen LogP contribution >= 0.6 is 0 Å². The van der Waals surface area contributed by atoms with Crippen LogP contribution in [0, 0.1) is 0 Å². The SMILES string of the molecule is CC(C)(C)c1ccccc1OC(=O)CCCCCCCCC(=O)Oc1ccccc1C(C)(C)C. The Morgan fingerprint density at radius 1 is 0.559 bits per heavy atom. The zero-order valence-corrected chi connectivity index (χ0v) is 21.9. The zero-order chi connectivity index (χ0) is 25.2. The molecule has 4 heteroatoms. The number of hydrogen-bond donors (Lipinski definition) is 0. The summed E-state index contributed by atoms with van der Waals surface area (Å²) in [6.07, 6.45) is 6.57. The largest absolute Gasteiger partial charge is 0.426 e. The molecule has 0 heterocycles. The number of para-hydroxylation sites is 2. The molecule has 2 rings (SSSR count). The first kappa shape index (κ1) is 27.6. The minimum atomic E-state index is -0.171. The minimum Gasteiger partial charge on any atom is -0.426 e. The summed E-state index contributed by atoms with van der Waals surface area (Å²) in [6.45, 7) is 12.7. The van der Waals surface area contributed by atoms with Gasteiger partial charge in [0.1, 0.15) is 11.5 Å². The van der Waals surface area contributed by atoms with Crippen LogP contribution in [0.2, 0.25) is 0 Å². The van der Waals surface area contributed by atoms with E-state index in [-0.39, 0.29) is 22.8 Å². The van der Waals surface area contributed by atoms with Crippen LogP contribution in [-0.2, 0) is 20.4 Å². The lowest BCUT2D eigenvalue weighted by Gasteiger charge is -2.22. The predicted octanol–water partition coefficient (Wildman–Crippen LogP) is 7.91. The van der Waals surface area contributed by atoms with Crippen molar-refractivity contribution < 1.29 is 19.1 Å². The van der Waals surface area contributed by atoms with E-state index >= 15 is 0 Å². The van der Waals surface area contributed by atoms with Crippen molar-refractivity contribution in [3.63, 3.8) is 0 Å². The number of carbonyl (C=O) groups is 2. The Labute approximate surface area is 206 Å². The Balaban J connectivity index is 1.60. The number of rotatable bonds is 11. The third kappa shape index (κ3) is 9.32. The van der Waals surface area contributed by atoms with Crippen molar-refractivity contribution in [3.8, 4) is 11.5 Å². The summed E-state index contributed by atoms with van der Waals surface area (Å²) in [4.78, 5) is 24.5. The summed E-state index contributed by atoms with van der Waals surface area (Å²) in [7, 11) is 0. The number of benzene rings is 2. The van der Waals surface area contributed by atoms with Crippen LogP contribution < -0.4 is 9.47 Å². The molecular formula is C30H42O4. The fraction of sp³-hybridized carbons (Fsp3) is 0.533. The summed E-state index contributed by atoms with van der Waals surface area (Å²) in [5.74, 6) is 0.985. The first-order valence-electron chi connectivity index (χ1n) is 12.6. The highest BCUT2D eigenvalue weighted by molar-refractivity contribution is 5.73. The van der Waals surface area contributed by atoms with Gasteiger partial charge in [0, 0.05) is 24.0 Å². The van der Waals surface area contributed by atoms with E-state index in [4.69, 9.17) is 9.47 Å². The molecule has 0 bridgehead atoms. The lowest BCUT2D eigenvalue weighted by molar-refractivity contribution is -0.135. The van der Waals surface area contributed by atoms with Crippen LogP contribution in [0.4, 0.5) is 0 Å². The molecule has 0 aromatic heterocycles. The van der Waals surface area contributed by atoms with Crippen molar-refractivity contribution in [2.45, 2.75) is 104 Å². The lowest BCUT2D eigenvalue weighted by Crippen LogP contribution is -2.16. The highest BCUT2D eigenvalue weighted by Crippen LogP contribution is 2.32. The number of ether oxygens (including phenoxy) is 2. The van der Waals surface area contributed by atoms with Crippen molar-refractivity contribution in [1.29, 1.82) is 0 Å². The first-order chi connectivity index (χ1) is 16.0. The molecule has 34 heavy (non-hydrogen) atoms. The van der Waals surface area contributed by atoms with Crippen LogP contribution in [0.25, 0.3) is 0 Å². The molecule has 0 unspecified atom stereocenters. The molecule has 4 nitrogen and oxygen atoms in total. The molecule has 0 atom stereocenters. The maximum Gasteiger partial charge on any atom is 0.311 e. The topological polar surface area (TPSA) is 52.6 Å². The molecule has 0 radical (unpaired) electrons. The fourth-order valence-corrected chi connectivity index (χ4v) is 3.94. The van der Waals surface area contributed by atoms with Crippen LogP contribution in [0.1, 0.15) is 104 Å². The normalized spacial score (nSPS) is 11.8. The van der Waals surface area contributed by atoms with E-state index in [1.54, 1.807) is 0 Å². The summed E-state index contributed by atoms with van der Waals surface area (Å²) in [5, 5.41) is 0. The Morgan fingerprint density at radius 3 is 1.24 bits per heavy atom. The van der Waals surface area contributed by atoms with E-state index in [2.05, 4.69) is 41.5 Å². The van der Waals surface area contributed by atoms with Gasteiger partial charge in [0.25, 0.3) is 0 Å². The van der Waals surface area contributed by atoms with Crippen molar-refractivity contribution in [2.24, 2.45) is 0 Å². The average molecular weight is 467 g/mol. The number of carbonyl (C=O) groups excluding carboxylic acids is 2. The molecule has 0 amide bonds. The molecule has 0 saturated heterocycles. The summed E-state index contributed by atoms with van der Waals surface area (Å²) in [6, 6.07) is 15.5. The number of unbranched alkanes of at least 4 members (excludes halogenated alkanes) is 5. The molecular weight excluding hydrogens is 424 g/mol. The second-order valence-corrected chi connectivity index (χ2v) is 11.1. The first-order valence-corrected chi connectivity index (χ1v) is 12.6. The third-order valence-electron chi connectivity index (χ3n) is 5.85. The van der Waals surface area contributed by atoms with E-state index in [1.165, 1.54) is 0 Å². The van der Waals surface area contributed by atoms with Gasteiger partial charge in [-0.3, -0.25) is 9.59 Å². The van der Waals surface area contributed by atoms with Gasteiger partial charge in [-0.15, -0.1) is 0 Å². The van der Waals surface area contributed by atoms with E-state index in [0.29, 0.717) is 24.3 Å². The Kier molecular flexibility index (Phi) is 10.3. The zero-order valence-electron chi connectivity index (χ0n) is 21.9. The maximum absolute atomic E-state index is 12.3. The molecule has 2 aromatic rings. The summed E-state index contributed by atoms with van der Waals surface area (Å²) >= 11 is 0. The third-order valence-corrected chi connectivity index (χ3v) is 5.85. The Hall–Kier alpha value is -2.62. The predicted molar refractivity (Wildman–Crippen MR) is 138 cm³/mol. The fourth-order valence-electron chi connectivity index (χ4n) is 3.94. The minimum absolute atomic E-state index is 0.0702. The van der Waals surface area contributed by atoms with Gasteiger partial charge >= 0.3 is 11.9 Å². The van der Waals surface area contributed by atoms with Gasteiger partial charge in [-0.25, -0.2) is 0 Å². The highest BCUT2D eigenvalue weighted by atomic mass is 16.5. The van der Waals surface area contributed by atoms with Crippen LogP contribution in [0.5, 0.6) is 11.5 Å². The van der Waals surface area contributed by atoms with Gasteiger partial charge in [-0.05, 0) is 35.8 Å². The van der Waals surface area contributed by atoms with E-state index < -0.39 is 0 Å². The van der Waals surface area contributed by atoms with Gasteiger partial charge in [-0.1, -0.05) is 104 Å². The number of esters is 2. The lowest BCUT2D eigenvalue weighted by atomic mass is 9.86. The van der Waals surface area contributed by atoms with Gasteiger partial charge in [0.2, 0.25) is 0 Å². The molecule has 0 spiro atoms. The molecule has 2 aromatic carbocycles. The Bertz CT molecular complexity index is 854. The van der Waals surface area contributed by atoms with Gasteiger partial charge in [0.05, 0.1) is 0 Å². The molecule has 0 fully saturated rings. The summed E-state index contributed by atoms with van der Waals surface area (Å²) < 4.78 is 11.3. The molecule has 0 aliphatic rings. The van der Waals surface area contributed by atoms with Crippen molar-refractivity contribution in [2.75, 3.05) is 0 Å². The molecule has 0 saturated carbocycles. The highest BCUT2D eigenvalue weighted by Gasteiger charge is 2.21. The monoisotopic (exact) mass is 466 g/mol. The van der Waals surface area contributed by atoms with E-state index in [9.17, 15) is 9.59 Å². The number of hydrogen-bond acceptors (Lipinski definition) is 4. The van der Waals surface area contributed by atoms with Gasteiger partial charge < -0.3 is 9.47 Å². The standard InChI is InChI=1S/C30H42O4/c1-29(2,3)23-17-13-15-19-25(23)33-27(31)21-11-9-7-8-10-12-22-28(32)34-26-20-16-14-18-24(26)30(4,5)6/h13-20H,7-12,21-22H2,1-6H3. The van der Waals surface area contributed by atoms with Crippen molar-refractivity contribution in [1.82, 2.24) is 0 Å². The van der Waals surface area contributed by atoms with Crippen LogP contribution in [0.3, 0.4) is 0 Å². The average Bonchev–Trinajstić information content (AvgIpc) is 2.75. The molecule has 0 N–H and O–H groups in total. The molecule has 0 aliphatic carbocycles. The Morgan fingerprint density at radius 2 is 0.882 bits per heavy atom. The molecule has 0 aliphatic heterocycles. The van der Waals surface area contributed by atoms with Gasteiger partial charge in [0.15, 0.2) is 0 Å². The van der Waals surface area contributed by atoms with Gasteiger partial charge in [-0.2, -0.15) is 0 Å². The maximum atomic E-state index is 12.3. The van der Waals surface area contributed by atoms with E-state index in [0.717, 1.165) is 49.7 Å². The smallest absolute Gasteiger partial charge is 0.311 e. The quantitative estimate of drug-likeness (QED) is 0.192. The van der Waals surface area contributed by atoms with Crippen LogP contribution in [-0.4, -0.2) is 11.9 Å². The van der Waals surface area contributed by atoms with Crippen molar-refractivity contribution >= 4 is 11.9 Å². The van der Waals surface area contributed by atoms with E-state index in [1.807, 2.05) is 48.5 Å². The summed E-state index contributed by atoms with van der Waals surface area (Å²) in [5.41, 5.74) is 1.95. The second-order valence-electron chi connectivity index (χ2n) is 11.1. The second kappa shape index (κ2) is 12.7. The molecule has 186 valence electrons.